The van der Waals surface area contributed by atoms with Gasteiger partial charge in [-0.15, -0.1) is 0 Å². The highest BCUT2D eigenvalue weighted by Gasteiger charge is 1.98. The van der Waals surface area contributed by atoms with Crippen LogP contribution in [-0.4, -0.2) is 13.2 Å². The quantitative estimate of drug-likeness (QED) is 0.877. The second-order valence-corrected chi connectivity index (χ2v) is 4.02. The summed E-state index contributed by atoms with van der Waals surface area (Å²) in [5.41, 5.74) is 6.59. The molecule has 0 radical (unpaired) electrons. The first kappa shape index (κ1) is 12.5. The van der Waals surface area contributed by atoms with Crippen molar-refractivity contribution in [1.29, 1.82) is 0 Å². The molecule has 0 bridgehead atoms. The maximum Gasteiger partial charge on any atom is 0.127 e. The molecular weight excluding hydrogens is 226 g/mol. The van der Waals surface area contributed by atoms with Crippen molar-refractivity contribution in [3.05, 3.63) is 54.1 Å². The van der Waals surface area contributed by atoms with E-state index in [1.54, 1.807) is 0 Å². The molecule has 0 aliphatic carbocycles. The Balaban J connectivity index is 1.99. The van der Waals surface area contributed by atoms with Crippen molar-refractivity contribution in [2.75, 3.05) is 13.2 Å². The van der Waals surface area contributed by atoms with Gasteiger partial charge in [0.15, 0.2) is 0 Å². The Morgan fingerprint density at radius 3 is 1.89 bits per heavy atom. The zero-order valence-electron chi connectivity index (χ0n) is 10.4. The molecule has 3 heteroatoms. The van der Waals surface area contributed by atoms with E-state index < -0.39 is 0 Å². The standard InChI is InChI=1S/C15H17NO2/c1-12-2-4-14(5-3-12)18-15-8-6-13(7-9-15)17-11-10-16/h2-9H,10-11,16H2,1H3. The average molecular weight is 243 g/mol. The molecule has 0 saturated heterocycles. The van der Waals surface area contributed by atoms with Crippen molar-refractivity contribution in [3.63, 3.8) is 0 Å². The molecule has 0 heterocycles. The Morgan fingerprint density at radius 2 is 1.33 bits per heavy atom. The molecule has 3 nitrogen and oxygen atoms in total. The van der Waals surface area contributed by atoms with Gasteiger partial charge in [-0.2, -0.15) is 0 Å². The maximum absolute atomic E-state index is 5.71. The summed E-state index contributed by atoms with van der Waals surface area (Å²) in [6, 6.07) is 15.5. The number of ether oxygens (including phenoxy) is 2. The zero-order valence-corrected chi connectivity index (χ0v) is 10.4. The van der Waals surface area contributed by atoms with Gasteiger partial charge in [0.25, 0.3) is 0 Å². The number of hydrogen-bond acceptors (Lipinski definition) is 3. The third kappa shape index (κ3) is 3.50. The topological polar surface area (TPSA) is 44.5 Å². The molecule has 0 amide bonds. The van der Waals surface area contributed by atoms with E-state index in [1.807, 2.05) is 55.5 Å². The molecule has 0 aromatic heterocycles. The number of aryl methyl sites for hydroxylation is 1. The van der Waals surface area contributed by atoms with Gasteiger partial charge in [-0.1, -0.05) is 17.7 Å². The summed E-state index contributed by atoms with van der Waals surface area (Å²) in [4.78, 5) is 0. The molecule has 0 atom stereocenters. The summed E-state index contributed by atoms with van der Waals surface area (Å²) < 4.78 is 11.1. The lowest BCUT2D eigenvalue weighted by Gasteiger charge is -2.08. The molecule has 0 fully saturated rings. The molecular formula is C15H17NO2. The Kier molecular flexibility index (Phi) is 4.20. The molecule has 0 saturated carbocycles. The molecule has 0 aliphatic heterocycles. The normalized spacial score (nSPS) is 10.1. The minimum absolute atomic E-state index is 0.515. The van der Waals surface area contributed by atoms with E-state index >= 15 is 0 Å². The van der Waals surface area contributed by atoms with Crippen LogP contribution in [0, 0.1) is 6.92 Å². The highest BCUT2D eigenvalue weighted by molar-refractivity contribution is 5.36. The van der Waals surface area contributed by atoms with Crippen LogP contribution >= 0.6 is 0 Å². The third-order valence-electron chi connectivity index (χ3n) is 2.47. The molecule has 2 aromatic carbocycles. The second-order valence-electron chi connectivity index (χ2n) is 4.02. The van der Waals surface area contributed by atoms with Crippen LogP contribution in [-0.2, 0) is 0 Å². The van der Waals surface area contributed by atoms with E-state index in [0.29, 0.717) is 13.2 Å². The van der Waals surface area contributed by atoms with Gasteiger partial charge in [0.2, 0.25) is 0 Å². The fourth-order valence-corrected chi connectivity index (χ4v) is 1.52. The van der Waals surface area contributed by atoms with Crippen LogP contribution in [0.3, 0.4) is 0 Å². The molecule has 0 aliphatic rings. The number of benzene rings is 2. The molecule has 0 spiro atoms. The van der Waals surface area contributed by atoms with Crippen LogP contribution in [0.15, 0.2) is 48.5 Å². The number of hydrogen-bond donors (Lipinski definition) is 1. The molecule has 0 unspecified atom stereocenters. The van der Waals surface area contributed by atoms with Crippen LogP contribution in [0.25, 0.3) is 0 Å². The Hall–Kier alpha value is -2.00. The predicted octanol–water partition coefficient (Wildman–Crippen LogP) is 3.12. The molecule has 2 N–H and O–H groups in total. The molecule has 18 heavy (non-hydrogen) atoms. The smallest absolute Gasteiger partial charge is 0.127 e. The van der Waals surface area contributed by atoms with E-state index in [0.717, 1.165) is 17.2 Å². The van der Waals surface area contributed by atoms with Crippen LogP contribution in [0.2, 0.25) is 0 Å². The van der Waals surface area contributed by atoms with Crippen molar-refractivity contribution >= 4 is 0 Å². The summed E-state index contributed by atoms with van der Waals surface area (Å²) in [7, 11) is 0. The summed E-state index contributed by atoms with van der Waals surface area (Å²) in [5.74, 6) is 2.42. The van der Waals surface area contributed by atoms with Gasteiger partial charge in [-0.3, -0.25) is 0 Å². The number of nitrogens with two attached hydrogens (primary N) is 1. The molecule has 2 aromatic rings. The van der Waals surface area contributed by atoms with Gasteiger partial charge >= 0.3 is 0 Å². The van der Waals surface area contributed by atoms with Crippen molar-refractivity contribution in [2.24, 2.45) is 5.73 Å². The van der Waals surface area contributed by atoms with Gasteiger partial charge in [-0.25, -0.2) is 0 Å². The van der Waals surface area contributed by atoms with E-state index in [4.69, 9.17) is 15.2 Å². The minimum atomic E-state index is 0.515. The van der Waals surface area contributed by atoms with Gasteiger partial charge in [0.05, 0.1) is 0 Å². The Bertz CT molecular complexity index is 477. The van der Waals surface area contributed by atoms with E-state index in [9.17, 15) is 0 Å². The van der Waals surface area contributed by atoms with Crippen LogP contribution in [0.4, 0.5) is 0 Å². The fourth-order valence-electron chi connectivity index (χ4n) is 1.52. The summed E-state index contributed by atoms with van der Waals surface area (Å²) >= 11 is 0. The first-order valence-corrected chi connectivity index (χ1v) is 5.95. The van der Waals surface area contributed by atoms with E-state index in [-0.39, 0.29) is 0 Å². The van der Waals surface area contributed by atoms with Crippen LogP contribution < -0.4 is 15.2 Å². The lowest BCUT2D eigenvalue weighted by molar-refractivity contribution is 0.328. The van der Waals surface area contributed by atoms with Crippen molar-refractivity contribution < 1.29 is 9.47 Å². The van der Waals surface area contributed by atoms with Crippen LogP contribution in [0.5, 0.6) is 17.2 Å². The van der Waals surface area contributed by atoms with Crippen molar-refractivity contribution in [2.45, 2.75) is 6.92 Å². The Labute approximate surface area is 107 Å². The number of rotatable bonds is 5. The second kappa shape index (κ2) is 6.07. The van der Waals surface area contributed by atoms with Crippen LogP contribution in [0.1, 0.15) is 5.56 Å². The SMILES string of the molecule is Cc1ccc(Oc2ccc(OCCN)cc2)cc1. The van der Waals surface area contributed by atoms with Crippen molar-refractivity contribution in [3.8, 4) is 17.2 Å². The summed E-state index contributed by atoms with van der Waals surface area (Å²) in [5, 5.41) is 0. The van der Waals surface area contributed by atoms with Crippen molar-refractivity contribution in [1.82, 2.24) is 0 Å². The lowest BCUT2D eigenvalue weighted by atomic mass is 10.2. The van der Waals surface area contributed by atoms with Gasteiger partial charge in [0.1, 0.15) is 23.9 Å². The molecule has 94 valence electrons. The zero-order chi connectivity index (χ0) is 12.8. The predicted molar refractivity (Wildman–Crippen MR) is 72.2 cm³/mol. The minimum Gasteiger partial charge on any atom is -0.492 e. The average Bonchev–Trinajstić information content (AvgIpc) is 2.41. The van der Waals surface area contributed by atoms with Gasteiger partial charge in [-0.05, 0) is 43.3 Å². The maximum atomic E-state index is 5.71. The lowest BCUT2D eigenvalue weighted by Crippen LogP contribution is -2.10. The Morgan fingerprint density at radius 1 is 0.833 bits per heavy atom. The summed E-state index contributed by atoms with van der Waals surface area (Å²) in [6.07, 6.45) is 0. The summed E-state index contributed by atoms with van der Waals surface area (Å²) in [6.45, 7) is 3.09. The van der Waals surface area contributed by atoms with E-state index in [2.05, 4.69) is 0 Å². The van der Waals surface area contributed by atoms with Gasteiger partial charge < -0.3 is 15.2 Å². The van der Waals surface area contributed by atoms with Gasteiger partial charge in [0, 0.05) is 6.54 Å². The largest absolute Gasteiger partial charge is 0.492 e. The first-order valence-electron chi connectivity index (χ1n) is 5.95. The molecule has 2 rings (SSSR count). The highest BCUT2D eigenvalue weighted by Crippen LogP contribution is 2.23. The fraction of sp³-hybridized carbons (Fsp3) is 0.200. The highest BCUT2D eigenvalue weighted by atomic mass is 16.5. The van der Waals surface area contributed by atoms with E-state index in [1.165, 1.54) is 5.56 Å². The third-order valence-corrected chi connectivity index (χ3v) is 2.47. The monoisotopic (exact) mass is 243 g/mol. The first-order chi connectivity index (χ1) is 8.78.